The van der Waals surface area contributed by atoms with Gasteiger partial charge in [-0.05, 0) is 89.5 Å². The van der Waals surface area contributed by atoms with Crippen LogP contribution in [0.4, 0.5) is 0 Å². The fraction of sp³-hybridized carbons (Fsp3) is 0.562. The highest BCUT2D eigenvalue weighted by Crippen LogP contribution is 2.31. The Bertz CT molecular complexity index is 1160. The predicted octanol–water partition coefficient (Wildman–Crippen LogP) is 8.00. The lowest BCUT2D eigenvalue weighted by Crippen LogP contribution is -2.27. The Balaban J connectivity index is 1.79. The molecule has 0 amide bonds. The summed E-state index contributed by atoms with van der Waals surface area (Å²) in [5.41, 5.74) is 1.48. The van der Waals surface area contributed by atoms with E-state index in [4.69, 9.17) is 13.6 Å². The van der Waals surface area contributed by atoms with Gasteiger partial charge in [-0.25, -0.2) is 4.79 Å². The molecule has 6 heteroatoms. The number of benzene rings is 1. The molecule has 0 atom stereocenters. The average molecular weight is 524 g/mol. The van der Waals surface area contributed by atoms with Crippen LogP contribution >= 0.6 is 0 Å². The third kappa shape index (κ3) is 8.07. The van der Waals surface area contributed by atoms with Gasteiger partial charge < -0.3 is 18.5 Å². The molecule has 0 aliphatic rings. The number of carbonyl (C=O) groups is 2. The molecular formula is C32H45NO5. The van der Waals surface area contributed by atoms with Crippen LogP contribution in [0.3, 0.4) is 0 Å². The Labute approximate surface area is 227 Å². The van der Waals surface area contributed by atoms with E-state index in [1.54, 1.807) is 24.3 Å². The van der Waals surface area contributed by atoms with E-state index in [0.717, 1.165) is 51.1 Å². The fourth-order valence-corrected chi connectivity index (χ4v) is 4.65. The molecule has 2 aromatic heterocycles. The summed E-state index contributed by atoms with van der Waals surface area (Å²) in [5, 5.41) is 0.625. The van der Waals surface area contributed by atoms with E-state index in [-0.39, 0.29) is 11.9 Å². The average Bonchev–Trinajstić information content (AvgIpc) is 3.52. The van der Waals surface area contributed by atoms with Gasteiger partial charge in [0.15, 0.2) is 5.76 Å². The van der Waals surface area contributed by atoms with Crippen LogP contribution in [0.5, 0.6) is 0 Å². The summed E-state index contributed by atoms with van der Waals surface area (Å²) in [6.07, 6.45) is 8.94. The number of aryl methyl sites for hydroxylation is 2. The van der Waals surface area contributed by atoms with Crippen molar-refractivity contribution in [1.29, 1.82) is 0 Å². The van der Waals surface area contributed by atoms with Crippen molar-refractivity contribution in [2.75, 3.05) is 19.6 Å². The first-order chi connectivity index (χ1) is 18.4. The minimum absolute atomic E-state index is 0.206. The standard InChI is InChI=1S/C32H45NO5/c1-6-9-14-28-30(26-22-24(15-17-27(26)38-28)32(35)36-23(4)5)31(34)29-18-16-25(37-29)13-12-21-33(19-10-7-2)20-11-8-3/h15-18,22-23H,6-14,19-21H2,1-5H3. The Morgan fingerprint density at radius 1 is 0.842 bits per heavy atom. The van der Waals surface area contributed by atoms with Crippen LogP contribution in [0, 0.1) is 0 Å². The van der Waals surface area contributed by atoms with E-state index in [0.29, 0.717) is 40.0 Å². The molecule has 0 unspecified atom stereocenters. The molecule has 0 N–H and O–H groups in total. The van der Waals surface area contributed by atoms with Crippen LogP contribution in [0.25, 0.3) is 11.0 Å². The van der Waals surface area contributed by atoms with E-state index >= 15 is 0 Å². The number of fused-ring (bicyclic) bond motifs is 1. The Morgan fingerprint density at radius 2 is 1.53 bits per heavy atom. The highest BCUT2D eigenvalue weighted by molar-refractivity contribution is 6.16. The molecule has 0 spiro atoms. The maximum absolute atomic E-state index is 13.7. The van der Waals surface area contributed by atoms with Gasteiger partial charge in [0.1, 0.15) is 17.1 Å². The molecule has 3 rings (SSSR count). The zero-order valence-electron chi connectivity index (χ0n) is 23.9. The second-order valence-corrected chi connectivity index (χ2v) is 10.4. The zero-order chi connectivity index (χ0) is 27.5. The van der Waals surface area contributed by atoms with Gasteiger partial charge in [0.25, 0.3) is 0 Å². The largest absolute Gasteiger partial charge is 0.460 e. The topological polar surface area (TPSA) is 72.9 Å². The van der Waals surface area contributed by atoms with Crippen molar-refractivity contribution < 1.29 is 23.2 Å². The summed E-state index contributed by atoms with van der Waals surface area (Å²) in [4.78, 5) is 28.8. The molecule has 1 aromatic carbocycles. The minimum Gasteiger partial charge on any atom is -0.460 e. The van der Waals surface area contributed by atoms with Gasteiger partial charge in [-0.3, -0.25) is 4.79 Å². The van der Waals surface area contributed by atoms with Crippen LogP contribution in [0.1, 0.15) is 118 Å². The molecule has 208 valence electrons. The first kappa shape index (κ1) is 29.7. The number of nitrogens with zero attached hydrogens (tertiary/aromatic N) is 1. The van der Waals surface area contributed by atoms with Gasteiger partial charge in [0, 0.05) is 18.2 Å². The second kappa shape index (κ2) is 14.9. The zero-order valence-corrected chi connectivity index (χ0v) is 23.9. The molecule has 0 aliphatic carbocycles. The van der Waals surface area contributed by atoms with Crippen molar-refractivity contribution in [3.63, 3.8) is 0 Å². The maximum Gasteiger partial charge on any atom is 0.338 e. The van der Waals surface area contributed by atoms with E-state index < -0.39 is 5.97 Å². The number of rotatable bonds is 17. The van der Waals surface area contributed by atoms with Crippen molar-refractivity contribution in [3.05, 3.63) is 58.7 Å². The second-order valence-electron chi connectivity index (χ2n) is 10.4. The molecule has 0 bridgehead atoms. The fourth-order valence-electron chi connectivity index (χ4n) is 4.65. The number of hydrogen-bond donors (Lipinski definition) is 0. The summed E-state index contributed by atoms with van der Waals surface area (Å²) in [6.45, 7) is 13.5. The van der Waals surface area contributed by atoms with E-state index in [9.17, 15) is 9.59 Å². The molecular weight excluding hydrogens is 478 g/mol. The molecule has 2 heterocycles. The van der Waals surface area contributed by atoms with Crippen molar-refractivity contribution in [3.8, 4) is 0 Å². The number of esters is 1. The first-order valence-electron chi connectivity index (χ1n) is 14.5. The molecule has 3 aromatic rings. The molecule has 0 saturated carbocycles. The Hall–Kier alpha value is -2.86. The van der Waals surface area contributed by atoms with Gasteiger partial charge >= 0.3 is 5.97 Å². The molecule has 0 saturated heterocycles. The molecule has 0 radical (unpaired) electrons. The van der Waals surface area contributed by atoms with Crippen molar-refractivity contribution in [2.24, 2.45) is 0 Å². The van der Waals surface area contributed by atoms with E-state index in [2.05, 4.69) is 25.7 Å². The van der Waals surface area contributed by atoms with Gasteiger partial charge in [0.05, 0.1) is 17.2 Å². The van der Waals surface area contributed by atoms with Crippen LogP contribution in [0.2, 0.25) is 0 Å². The first-order valence-corrected chi connectivity index (χ1v) is 14.5. The number of carbonyl (C=O) groups excluding carboxylic acids is 2. The molecule has 0 fully saturated rings. The maximum atomic E-state index is 13.7. The minimum atomic E-state index is -0.413. The number of furan rings is 2. The van der Waals surface area contributed by atoms with Crippen molar-refractivity contribution in [1.82, 2.24) is 4.90 Å². The van der Waals surface area contributed by atoms with Crippen LogP contribution in [-0.2, 0) is 17.6 Å². The lowest BCUT2D eigenvalue weighted by Gasteiger charge is -2.21. The predicted molar refractivity (Wildman–Crippen MR) is 152 cm³/mol. The number of unbranched alkanes of at least 4 members (excludes halogenated alkanes) is 3. The quantitative estimate of drug-likeness (QED) is 0.132. The van der Waals surface area contributed by atoms with Gasteiger partial charge in [-0.1, -0.05) is 40.0 Å². The van der Waals surface area contributed by atoms with Crippen LogP contribution in [0.15, 0.2) is 39.2 Å². The van der Waals surface area contributed by atoms with E-state index in [1.807, 2.05) is 19.9 Å². The molecule has 6 nitrogen and oxygen atoms in total. The third-order valence-electron chi connectivity index (χ3n) is 6.76. The summed E-state index contributed by atoms with van der Waals surface area (Å²) in [6, 6.07) is 8.81. The summed E-state index contributed by atoms with van der Waals surface area (Å²) in [5.74, 6) is 1.15. The SMILES string of the molecule is CCCCc1oc2ccc(C(=O)OC(C)C)cc2c1C(=O)c1ccc(CCCN(CCCC)CCCC)o1. The lowest BCUT2D eigenvalue weighted by atomic mass is 10.0. The Morgan fingerprint density at radius 3 is 2.18 bits per heavy atom. The number of ether oxygens (including phenoxy) is 1. The Kier molecular flexibility index (Phi) is 11.7. The number of hydrogen-bond acceptors (Lipinski definition) is 6. The summed E-state index contributed by atoms with van der Waals surface area (Å²) < 4.78 is 17.5. The van der Waals surface area contributed by atoms with E-state index in [1.165, 1.54) is 25.7 Å². The lowest BCUT2D eigenvalue weighted by molar-refractivity contribution is 0.0378. The highest BCUT2D eigenvalue weighted by Gasteiger charge is 2.25. The smallest absolute Gasteiger partial charge is 0.338 e. The highest BCUT2D eigenvalue weighted by atomic mass is 16.5. The van der Waals surface area contributed by atoms with Crippen molar-refractivity contribution >= 4 is 22.7 Å². The third-order valence-corrected chi connectivity index (χ3v) is 6.76. The molecule has 0 aliphatic heterocycles. The van der Waals surface area contributed by atoms with Gasteiger partial charge in [0.2, 0.25) is 5.78 Å². The molecule has 38 heavy (non-hydrogen) atoms. The normalized spacial score (nSPS) is 11.7. The van der Waals surface area contributed by atoms with Crippen molar-refractivity contribution in [2.45, 2.75) is 98.5 Å². The summed E-state index contributed by atoms with van der Waals surface area (Å²) in [7, 11) is 0. The van der Waals surface area contributed by atoms with Gasteiger partial charge in [-0.2, -0.15) is 0 Å². The number of ketones is 1. The monoisotopic (exact) mass is 523 g/mol. The van der Waals surface area contributed by atoms with Crippen LogP contribution < -0.4 is 0 Å². The van der Waals surface area contributed by atoms with Crippen LogP contribution in [-0.4, -0.2) is 42.4 Å². The summed E-state index contributed by atoms with van der Waals surface area (Å²) >= 11 is 0. The van der Waals surface area contributed by atoms with Gasteiger partial charge in [-0.15, -0.1) is 0 Å².